The van der Waals surface area contributed by atoms with Crippen molar-refractivity contribution in [3.63, 3.8) is 0 Å². The van der Waals surface area contributed by atoms with E-state index < -0.39 is 0 Å². The molecule has 0 saturated carbocycles. The molecular weight excluding hydrogens is 412 g/mol. The minimum atomic E-state index is -0.346. The molecule has 3 rings (SSSR count). The standard InChI is InChI=1S/C19H17BrN4O3/c1-24(11-16-22-15-9-5-3-7-13(15)19(27)23-16)17(25)10-21-18(26)12-6-2-4-8-14(12)20/h2-9H,10-11H2,1H3,(H,21,26)(H,22,23,27). The highest BCUT2D eigenvalue weighted by molar-refractivity contribution is 9.10. The van der Waals surface area contributed by atoms with Gasteiger partial charge in [-0.1, -0.05) is 24.3 Å². The lowest BCUT2D eigenvalue weighted by Gasteiger charge is -2.17. The molecule has 2 aromatic carbocycles. The van der Waals surface area contributed by atoms with Crippen molar-refractivity contribution >= 4 is 38.6 Å². The molecule has 2 amide bonds. The van der Waals surface area contributed by atoms with E-state index in [9.17, 15) is 14.4 Å². The SMILES string of the molecule is CN(Cc1nc2ccccc2c(=O)[nH]1)C(=O)CNC(=O)c1ccccc1Br. The van der Waals surface area contributed by atoms with Crippen LogP contribution in [0.4, 0.5) is 0 Å². The van der Waals surface area contributed by atoms with E-state index in [0.717, 1.165) is 0 Å². The first-order valence-corrected chi connectivity index (χ1v) is 8.99. The second kappa shape index (κ2) is 8.13. The molecule has 0 bridgehead atoms. The van der Waals surface area contributed by atoms with E-state index in [1.54, 1.807) is 55.6 Å². The lowest BCUT2D eigenvalue weighted by molar-refractivity contribution is -0.129. The third-order valence-corrected chi connectivity index (χ3v) is 4.68. The highest BCUT2D eigenvalue weighted by atomic mass is 79.9. The number of benzene rings is 2. The number of halogens is 1. The summed E-state index contributed by atoms with van der Waals surface area (Å²) in [6.45, 7) is -0.0295. The number of nitrogens with zero attached hydrogens (tertiary/aromatic N) is 2. The van der Waals surface area contributed by atoms with Crippen molar-refractivity contribution in [3.8, 4) is 0 Å². The third-order valence-electron chi connectivity index (χ3n) is 3.99. The number of likely N-dealkylation sites (N-methyl/N-ethyl adjacent to an activating group) is 1. The highest BCUT2D eigenvalue weighted by Crippen LogP contribution is 2.15. The Balaban J connectivity index is 1.63. The molecule has 27 heavy (non-hydrogen) atoms. The van der Waals surface area contributed by atoms with Gasteiger partial charge < -0.3 is 15.2 Å². The fourth-order valence-electron chi connectivity index (χ4n) is 2.55. The zero-order chi connectivity index (χ0) is 19.4. The summed E-state index contributed by atoms with van der Waals surface area (Å²) in [7, 11) is 1.59. The first-order valence-electron chi connectivity index (χ1n) is 8.20. The average Bonchev–Trinajstić information content (AvgIpc) is 2.66. The van der Waals surface area contributed by atoms with Crippen LogP contribution in [0.15, 0.2) is 57.8 Å². The summed E-state index contributed by atoms with van der Waals surface area (Å²) < 4.78 is 0.654. The summed E-state index contributed by atoms with van der Waals surface area (Å²) in [5, 5.41) is 3.09. The first kappa shape index (κ1) is 18.8. The van der Waals surface area contributed by atoms with E-state index in [1.807, 2.05) is 0 Å². The second-order valence-corrected chi connectivity index (χ2v) is 6.80. The topological polar surface area (TPSA) is 95.2 Å². The lowest BCUT2D eigenvalue weighted by atomic mass is 10.2. The van der Waals surface area contributed by atoms with Crippen LogP contribution in [0.5, 0.6) is 0 Å². The zero-order valence-corrected chi connectivity index (χ0v) is 16.1. The van der Waals surface area contributed by atoms with Crippen LogP contribution in [0.2, 0.25) is 0 Å². The summed E-state index contributed by atoms with van der Waals surface area (Å²) in [4.78, 5) is 45.0. The van der Waals surface area contributed by atoms with Crippen molar-refractivity contribution < 1.29 is 9.59 Å². The number of aromatic nitrogens is 2. The number of para-hydroxylation sites is 1. The van der Waals surface area contributed by atoms with Gasteiger partial charge in [-0.3, -0.25) is 14.4 Å². The Morgan fingerprint density at radius 1 is 1.15 bits per heavy atom. The van der Waals surface area contributed by atoms with Gasteiger partial charge in [0.05, 0.1) is 29.6 Å². The number of aromatic amines is 1. The van der Waals surface area contributed by atoms with E-state index in [2.05, 4.69) is 31.2 Å². The van der Waals surface area contributed by atoms with Crippen LogP contribution in [0.1, 0.15) is 16.2 Å². The van der Waals surface area contributed by atoms with Crippen LogP contribution in [-0.4, -0.2) is 40.3 Å². The van der Waals surface area contributed by atoms with E-state index >= 15 is 0 Å². The number of H-pyrrole nitrogens is 1. The molecule has 0 fully saturated rings. The Morgan fingerprint density at radius 3 is 2.63 bits per heavy atom. The van der Waals surface area contributed by atoms with Gasteiger partial charge in [-0.05, 0) is 40.2 Å². The molecule has 1 aromatic heterocycles. The van der Waals surface area contributed by atoms with Gasteiger partial charge in [0.25, 0.3) is 11.5 Å². The quantitative estimate of drug-likeness (QED) is 0.649. The molecule has 0 saturated heterocycles. The number of fused-ring (bicyclic) bond motifs is 1. The second-order valence-electron chi connectivity index (χ2n) is 5.94. The molecular formula is C19H17BrN4O3. The Morgan fingerprint density at radius 2 is 1.85 bits per heavy atom. The molecule has 138 valence electrons. The number of hydrogen-bond acceptors (Lipinski definition) is 4. The van der Waals surface area contributed by atoms with Crippen LogP contribution in [0, 0.1) is 0 Å². The number of rotatable bonds is 5. The number of amides is 2. The molecule has 0 unspecified atom stereocenters. The number of carbonyl (C=O) groups excluding carboxylic acids is 2. The molecule has 0 aliphatic heterocycles. The maximum Gasteiger partial charge on any atom is 0.258 e. The predicted octanol–water partition coefficient (Wildman–Crippen LogP) is 2.07. The van der Waals surface area contributed by atoms with Crippen LogP contribution >= 0.6 is 15.9 Å². The van der Waals surface area contributed by atoms with Crippen molar-refractivity contribution in [1.82, 2.24) is 20.2 Å². The summed E-state index contributed by atoms with van der Waals surface area (Å²) >= 11 is 3.31. The fourth-order valence-corrected chi connectivity index (χ4v) is 3.02. The smallest absolute Gasteiger partial charge is 0.258 e. The summed E-state index contributed by atoms with van der Waals surface area (Å²) in [5.74, 6) is -0.264. The molecule has 0 aliphatic rings. The van der Waals surface area contributed by atoms with Crippen molar-refractivity contribution in [3.05, 3.63) is 74.7 Å². The number of nitrogens with one attached hydrogen (secondary N) is 2. The van der Waals surface area contributed by atoms with Gasteiger partial charge in [0, 0.05) is 11.5 Å². The zero-order valence-electron chi connectivity index (χ0n) is 14.5. The van der Waals surface area contributed by atoms with Crippen molar-refractivity contribution in [1.29, 1.82) is 0 Å². The average molecular weight is 429 g/mol. The summed E-state index contributed by atoms with van der Waals surface area (Å²) in [5.41, 5.74) is 0.770. The van der Waals surface area contributed by atoms with Gasteiger partial charge in [-0.25, -0.2) is 4.98 Å². The van der Waals surface area contributed by atoms with Gasteiger partial charge in [-0.15, -0.1) is 0 Å². The molecule has 2 N–H and O–H groups in total. The van der Waals surface area contributed by atoms with Gasteiger partial charge in [0.15, 0.2) is 0 Å². The molecule has 0 radical (unpaired) electrons. The van der Waals surface area contributed by atoms with Gasteiger partial charge in [-0.2, -0.15) is 0 Å². The predicted molar refractivity (Wildman–Crippen MR) is 105 cm³/mol. The molecule has 8 heteroatoms. The monoisotopic (exact) mass is 428 g/mol. The molecule has 3 aromatic rings. The van der Waals surface area contributed by atoms with Gasteiger partial charge >= 0.3 is 0 Å². The highest BCUT2D eigenvalue weighted by Gasteiger charge is 2.15. The van der Waals surface area contributed by atoms with Crippen LogP contribution in [0.3, 0.4) is 0 Å². The molecule has 1 heterocycles. The van der Waals surface area contributed by atoms with Crippen molar-refractivity contribution in [2.75, 3.05) is 13.6 Å². The Labute approximate surface area is 163 Å². The lowest BCUT2D eigenvalue weighted by Crippen LogP contribution is -2.38. The summed E-state index contributed by atoms with van der Waals surface area (Å²) in [6.07, 6.45) is 0. The Bertz CT molecular complexity index is 1060. The van der Waals surface area contributed by atoms with Crippen molar-refractivity contribution in [2.24, 2.45) is 0 Å². The maximum absolute atomic E-state index is 12.3. The minimum Gasteiger partial charge on any atom is -0.343 e. The Hall–Kier alpha value is -3.00. The van der Waals surface area contributed by atoms with Crippen LogP contribution in [0.25, 0.3) is 10.9 Å². The van der Waals surface area contributed by atoms with E-state index in [1.165, 1.54) is 4.90 Å². The van der Waals surface area contributed by atoms with Crippen LogP contribution < -0.4 is 10.9 Å². The van der Waals surface area contributed by atoms with Gasteiger partial charge in [0.1, 0.15) is 5.82 Å². The molecule has 0 atom stereocenters. The maximum atomic E-state index is 12.3. The van der Waals surface area contributed by atoms with Gasteiger partial charge in [0.2, 0.25) is 5.91 Å². The fraction of sp³-hybridized carbons (Fsp3) is 0.158. The van der Waals surface area contributed by atoms with E-state index in [-0.39, 0.29) is 30.5 Å². The normalized spacial score (nSPS) is 10.6. The van der Waals surface area contributed by atoms with Crippen LogP contribution in [-0.2, 0) is 11.3 Å². The Kier molecular flexibility index (Phi) is 5.66. The van der Waals surface area contributed by atoms with E-state index in [4.69, 9.17) is 0 Å². The minimum absolute atomic E-state index is 0.129. The summed E-state index contributed by atoms with van der Waals surface area (Å²) in [6, 6.07) is 14.0. The van der Waals surface area contributed by atoms with E-state index in [0.29, 0.717) is 26.8 Å². The molecule has 0 spiro atoms. The third kappa shape index (κ3) is 4.40. The first-order chi connectivity index (χ1) is 13.0. The number of hydrogen-bond donors (Lipinski definition) is 2. The number of carbonyl (C=O) groups is 2. The molecule has 7 nitrogen and oxygen atoms in total. The largest absolute Gasteiger partial charge is 0.343 e. The van der Waals surface area contributed by atoms with Crippen molar-refractivity contribution in [2.45, 2.75) is 6.54 Å². The molecule has 0 aliphatic carbocycles.